The minimum absolute atomic E-state index is 0.368. The van der Waals surface area contributed by atoms with Crippen LogP contribution in [0.4, 0.5) is 0 Å². The maximum absolute atomic E-state index is 11.1. The summed E-state index contributed by atoms with van der Waals surface area (Å²) in [5, 5.41) is 4.46. The second kappa shape index (κ2) is 22.2. The van der Waals surface area contributed by atoms with E-state index in [4.69, 9.17) is 18.9 Å². The first-order valence-corrected chi connectivity index (χ1v) is 19.5. The van der Waals surface area contributed by atoms with Crippen molar-refractivity contribution in [2.45, 2.75) is 64.7 Å². The molecule has 5 aromatic rings. The maximum Gasteiger partial charge on any atom is 0.330 e. The standard InChI is InChI=1S/C50H50O6/c1-4-41-33-38(15-16-39-19-23-45-36-47(27-25-43(45)34-39)53-29-11-7-9-13-31-55-49(51)5-2)17-21-42(41)22-18-40-20-24-46-37-48(28-26-44(46)35-40)54-30-12-8-10-14-32-56-50(52)6-3/h5-6,17,19-21,23-28,33-37H,2-4,7-14,29-32H2,1H3. The Balaban J connectivity index is 1.10. The van der Waals surface area contributed by atoms with Gasteiger partial charge in [0, 0.05) is 34.4 Å². The predicted molar refractivity (Wildman–Crippen MR) is 226 cm³/mol. The van der Waals surface area contributed by atoms with E-state index < -0.39 is 0 Å². The minimum atomic E-state index is -0.368. The third-order valence-electron chi connectivity index (χ3n) is 9.24. The van der Waals surface area contributed by atoms with Crippen LogP contribution in [0, 0.1) is 23.7 Å². The lowest BCUT2D eigenvalue weighted by molar-refractivity contribution is -0.138. The number of aryl methyl sites for hydroxylation is 1. The van der Waals surface area contributed by atoms with E-state index in [1.54, 1.807) is 0 Å². The molecule has 5 rings (SSSR count). The fraction of sp³-hybridized carbons (Fsp3) is 0.280. The first kappa shape index (κ1) is 40.9. The van der Waals surface area contributed by atoms with Gasteiger partial charge < -0.3 is 18.9 Å². The molecule has 0 spiro atoms. The molecule has 0 amide bonds. The summed E-state index contributed by atoms with van der Waals surface area (Å²) in [6.07, 6.45) is 10.8. The normalized spacial score (nSPS) is 10.4. The van der Waals surface area contributed by atoms with Gasteiger partial charge in [-0.2, -0.15) is 0 Å². The van der Waals surface area contributed by atoms with E-state index in [9.17, 15) is 9.59 Å². The predicted octanol–water partition coefficient (Wildman–Crippen LogP) is 10.7. The molecule has 6 nitrogen and oxygen atoms in total. The van der Waals surface area contributed by atoms with Gasteiger partial charge in [0.2, 0.25) is 0 Å². The molecule has 6 heteroatoms. The molecule has 0 atom stereocenters. The zero-order valence-corrected chi connectivity index (χ0v) is 32.4. The molecule has 0 aliphatic rings. The lowest BCUT2D eigenvalue weighted by Gasteiger charge is -2.08. The number of hydrogen-bond donors (Lipinski definition) is 0. The topological polar surface area (TPSA) is 71.1 Å². The Morgan fingerprint density at radius 1 is 0.500 bits per heavy atom. The van der Waals surface area contributed by atoms with Gasteiger partial charge in [-0.15, -0.1) is 0 Å². The van der Waals surface area contributed by atoms with Gasteiger partial charge in [-0.3, -0.25) is 0 Å². The van der Waals surface area contributed by atoms with Gasteiger partial charge in [0.1, 0.15) is 11.5 Å². The Hall–Kier alpha value is -6.24. The summed E-state index contributed by atoms with van der Waals surface area (Å²) in [5.74, 6) is 14.4. The van der Waals surface area contributed by atoms with E-state index >= 15 is 0 Å². The quantitative estimate of drug-likeness (QED) is 0.0363. The average Bonchev–Trinajstić information content (AvgIpc) is 3.23. The highest BCUT2D eigenvalue weighted by molar-refractivity contribution is 5.86. The molecule has 0 unspecified atom stereocenters. The molecule has 0 bridgehead atoms. The molecule has 0 radical (unpaired) electrons. The van der Waals surface area contributed by atoms with Gasteiger partial charge in [-0.05, 0) is 152 Å². The van der Waals surface area contributed by atoms with Crippen molar-refractivity contribution in [2.24, 2.45) is 0 Å². The van der Waals surface area contributed by atoms with Crippen molar-refractivity contribution in [1.29, 1.82) is 0 Å². The lowest BCUT2D eigenvalue weighted by atomic mass is 10.0. The summed E-state index contributed by atoms with van der Waals surface area (Å²) in [5.41, 5.74) is 5.06. The van der Waals surface area contributed by atoms with Crippen LogP contribution in [-0.2, 0) is 25.5 Å². The smallest absolute Gasteiger partial charge is 0.330 e. The summed E-state index contributed by atoms with van der Waals surface area (Å²) >= 11 is 0. The summed E-state index contributed by atoms with van der Waals surface area (Å²) in [6, 6.07) is 31.1. The van der Waals surface area contributed by atoms with Crippen LogP contribution in [0.5, 0.6) is 11.5 Å². The van der Waals surface area contributed by atoms with Crippen LogP contribution in [0.2, 0.25) is 0 Å². The van der Waals surface area contributed by atoms with Gasteiger partial charge in [0.25, 0.3) is 0 Å². The molecule has 56 heavy (non-hydrogen) atoms. The van der Waals surface area contributed by atoms with Crippen molar-refractivity contribution in [3.05, 3.63) is 144 Å². The van der Waals surface area contributed by atoms with Crippen LogP contribution in [0.15, 0.2) is 116 Å². The van der Waals surface area contributed by atoms with Crippen molar-refractivity contribution in [3.63, 3.8) is 0 Å². The molecule has 0 heterocycles. The second-order valence-corrected chi connectivity index (χ2v) is 13.4. The number of unbranched alkanes of at least 4 members (excludes halogenated alkanes) is 6. The summed E-state index contributed by atoms with van der Waals surface area (Å²) in [7, 11) is 0. The van der Waals surface area contributed by atoms with E-state index in [0.29, 0.717) is 26.4 Å². The van der Waals surface area contributed by atoms with Crippen LogP contribution in [0.1, 0.15) is 86.1 Å². The second-order valence-electron chi connectivity index (χ2n) is 13.4. The largest absolute Gasteiger partial charge is 0.494 e. The first-order valence-electron chi connectivity index (χ1n) is 19.5. The number of benzene rings is 5. The molecule has 0 aromatic heterocycles. The lowest BCUT2D eigenvalue weighted by Crippen LogP contribution is -2.02. The Labute approximate surface area is 331 Å². The van der Waals surface area contributed by atoms with E-state index in [1.807, 2.05) is 18.2 Å². The van der Waals surface area contributed by atoms with Crippen molar-refractivity contribution >= 4 is 33.5 Å². The van der Waals surface area contributed by atoms with Gasteiger partial charge >= 0.3 is 11.9 Å². The van der Waals surface area contributed by atoms with E-state index in [2.05, 4.69) is 117 Å². The fourth-order valence-electron chi connectivity index (χ4n) is 6.11. The Bertz CT molecular complexity index is 2260. The molecule has 0 aliphatic heterocycles. The molecule has 0 fully saturated rings. The van der Waals surface area contributed by atoms with Crippen LogP contribution in [0.25, 0.3) is 21.5 Å². The highest BCUT2D eigenvalue weighted by Gasteiger charge is 2.04. The molecule has 0 saturated heterocycles. The number of esters is 2. The SMILES string of the molecule is C=CC(=O)OCCCCCCOc1ccc2cc(C#Cc3ccc(C#Cc4ccc5cc(OCCCCCCOC(=O)C=C)ccc5c4)c(CC)c3)ccc2c1. The van der Waals surface area contributed by atoms with Gasteiger partial charge in [0.15, 0.2) is 0 Å². The Kier molecular flexibility index (Phi) is 16.2. The van der Waals surface area contributed by atoms with Gasteiger partial charge in [-0.25, -0.2) is 9.59 Å². The van der Waals surface area contributed by atoms with Crippen molar-refractivity contribution in [1.82, 2.24) is 0 Å². The molecular formula is C50H50O6. The minimum Gasteiger partial charge on any atom is -0.494 e. The van der Waals surface area contributed by atoms with Crippen molar-refractivity contribution < 1.29 is 28.5 Å². The van der Waals surface area contributed by atoms with E-state index in [-0.39, 0.29) is 11.9 Å². The van der Waals surface area contributed by atoms with Crippen LogP contribution in [0.3, 0.4) is 0 Å². The van der Waals surface area contributed by atoms with Crippen LogP contribution in [-0.4, -0.2) is 38.4 Å². The highest BCUT2D eigenvalue weighted by Crippen LogP contribution is 2.24. The molecule has 5 aromatic carbocycles. The molecule has 0 aliphatic carbocycles. The van der Waals surface area contributed by atoms with E-state index in [0.717, 1.165) is 113 Å². The Morgan fingerprint density at radius 3 is 1.39 bits per heavy atom. The fourth-order valence-corrected chi connectivity index (χ4v) is 6.11. The first-order chi connectivity index (χ1) is 27.4. The maximum atomic E-state index is 11.1. The van der Waals surface area contributed by atoms with Crippen molar-refractivity contribution in [2.75, 3.05) is 26.4 Å². The third-order valence-corrected chi connectivity index (χ3v) is 9.24. The number of carbonyl (C=O) groups excluding carboxylic acids is 2. The molecule has 286 valence electrons. The molecular weight excluding hydrogens is 697 g/mol. The monoisotopic (exact) mass is 746 g/mol. The summed E-state index contributed by atoms with van der Waals surface area (Å²) in [4.78, 5) is 22.2. The number of ether oxygens (including phenoxy) is 4. The summed E-state index contributed by atoms with van der Waals surface area (Å²) < 4.78 is 22.0. The number of hydrogen-bond acceptors (Lipinski definition) is 6. The number of fused-ring (bicyclic) bond motifs is 2. The van der Waals surface area contributed by atoms with Crippen LogP contribution >= 0.6 is 0 Å². The summed E-state index contributed by atoms with van der Waals surface area (Å²) in [6.45, 7) is 11.1. The van der Waals surface area contributed by atoms with Gasteiger partial charge in [-0.1, -0.05) is 68.0 Å². The number of carbonyl (C=O) groups is 2. The molecule has 0 N–H and O–H groups in total. The molecule has 0 saturated carbocycles. The van der Waals surface area contributed by atoms with Gasteiger partial charge in [0.05, 0.1) is 26.4 Å². The zero-order chi connectivity index (χ0) is 39.4. The Morgan fingerprint density at radius 2 is 0.911 bits per heavy atom. The van der Waals surface area contributed by atoms with Crippen LogP contribution < -0.4 is 9.47 Å². The van der Waals surface area contributed by atoms with Crippen molar-refractivity contribution in [3.8, 4) is 35.2 Å². The number of rotatable bonds is 19. The zero-order valence-electron chi connectivity index (χ0n) is 32.4. The highest BCUT2D eigenvalue weighted by atomic mass is 16.5. The average molecular weight is 747 g/mol. The van der Waals surface area contributed by atoms with E-state index in [1.165, 1.54) is 17.7 Å². The third kappa shape index (κ3) is 13.3.